The van der Waals surface area contributed by atoms with E-state index in [2.05, 4.69) is 67.8 Å². The smallest absolute Gasteiger partial charge is 0.223 e. The summed E-state index contributed by atoms with van der Waals surface area (Å²) in [6.07, 6.45) is 17.6. The summed E-state index contributed by atoms with van der Waals surface area (Å²) in [6.45, 7) is 4.49. The van der Waals surface area contributed by atoms with Gasteiger partial charge in [-0.2, -0.15) is 14.4 Å². The Labute approximate surface area is 643 Å². The number of carbonyl (C=O) groups excluding carboxylic acids is 6. The molecule has 518 valence electrons. The summed E-state index contributed by atoms with van der Waals surface area (Å²) in [5, 5.41) is 8.77. The van der Waals surface area contributed by atoms with Crippen LogP contribution in [-0.2, 0) is 102 Å². The van der Waals surface area contributed by atoms with E-state index in [0.29, 0.717) is 81.3 Å². The van der Waals surface area contributed by atoms with E-state index in [1.807, 2.05) is 96.0 Å². The third-order valence-corrected chi connectivity index (χ3v) is 16.8. The molecular formula is C78H60FN7O9Rh4S2-2. The Bertz CT molecular complexity index is 4790. The van der Waals surface area contributed by atoms with E-state index in [1.54, 1.807) is 118 Å². The van der Waals surface area contributed by atoms with Crippen LogP contribution in [-0.4, -0.2) is 85.1 Å². The van der Waals surface area contributed by atoms with Gasteiger partial charge in [0.05, 0.1) is 30.9 Å². The molecule has 4 radical (unpaired) electrons. The number of hydrogen-bond donors (Lipinski definition) is 0. The number of methoxy groups -OCH3 is 2. The molecule has 4 aromatic carbocycles. The Hall–Kier alpha value is -9.33. The van der Waals surface area contributed by atoms with Gasteiger partial charge in [-0.05, 0) is 71.7 Å². The predicted molar refractivity (Wildman–Crippen MR) is 367 cm³/mol. The van der Waals surface area contributed by atoms with E-state index in [0.717, 1.165) is 117 Å². The first kappa shape index (κ1) is 82.3. The number of aromatic nitrogens is 6. The molecule has 0 amide bonds. The van der Waals surface area contributed by atoms with Crippen LogP contribution in [0, 0.1) is 41.4 Å². The van der Waals surface area contributed by atoms with Crippen LogP contribution in [0.15, 0.2) is 201 Å². The molecule has 0 saturated heterocycles. The monoisotopic (exact) mass is 1730 g/mol. The van der Waals surface area contributed by atoms with Gasteiger partial charge in [0, 0.05) is 140 Å². The first-order chi connectivity index (χ1) is 47.5. The summed E-state index contributed by atoms with van der Waals surface area (Å²) >= 11 is 2.73. The maximum absolute atomic E-state index is 13.7. The number of benzene rings is 4. The van der Waals surface area contributed by atoms with Gasteiger partial charge in [-0.3, -0.25) is 28.8 Å². The van der Waals surface area contributed by atoms with Crippen molar-refractivity contribution >= 4 is 60.4 Å². The van der Waals surface area contributed by atoms with Gasteiger partial charge in [0.25, 0.3) is 0 Å². The van der Waals surface area contributed by atoms with Crippen LogP contribution in [0.25, 0.3) is 66.2 Å². The van der Waals surface area contributed by atoms with Gasteiger partial charge in [-0.15, -0.1) is 142 Å². The van der Waals surface area contributed by atoms with Crippen LogP contribution >= 0.6 is 22.7 Å². The zero-order chi connectivity index (χ0) is 68.3. The normalized spacial score (nSPS) is 10.2. The average Bonchev–Trinajstić information content (AvgIpc) is 1.62. The molecule has 0 atom stereocenters. The maximum atomic E-state index is 13.7. The van der Waals surface area contributed by atoms with Crippen molar-refractivity contribution in [2.75, 3.05) is 27.4 Å². The fourth-order valence-corrected chi connectivity index (χ4v) is 12.1. The fraction of sp³-hybridized carbons (Fsp3) is 0.115. The molecule has 10 heterocycles. The molecule has 2 aliphatic heterocycles. The molecule has 0 unspecified atom stereocenters. The van der Waals surface area contributed by atoms with Crippen molar-refractivity contribution in [3.63, 3.8) is 0 Å². The Kier molecular flexibility index (Phi) is 34.8. The van der Waals surface area contributed by atoms with Gasteiger partial charge in [0.2, 0.25) is 11.4 Å². The number of halogens is 1. The van der Waals surface area contributed by atoms with E-state index >= 15 is 0 Å². The SMILES string of the molecule is CCCc1ccnc(-c2[c-]ccc(C=O)c2)c1.COCCOc1ccnc(-c2[c-]ccc(C=O)c2)c1.COc1c(C=O)sc2c1C[n+]1ccccc1-2.N#Cc1ccnc(-c2[c-]ccc(C=O)c2)c1.O=Cc1cc[c-]c(-c2ccccn2)c1.O=Cc1sc2c(c1F)C[n+]1ccccc1-2.[Rh].[Rh].[Rh].[Rh]. The van der Waals surface area contributed by atoms with Crippen LogP contribution in [0.4, 0.5) is 4.39 Å². The predicted octanol–water partition coefficient (Wildman–Crippen LogP) is 14.2. The maximum Gasteiger partial charge on any atom is 0.223 e. The zero-order valence-corrected chi connectivity index (χ0v) is 62.3. The Balaban J connectivity index is 0.000000217. The summed E-state index contributed by atoms with van der Waals surface area (Å²) in [7, 11) is 3.24. The molecule has 0 fully saturated rings. The van der Waals surface area contributed by atoms with Crippen molar-refractivity contribution < 1.29 is 134 Å². The van der Waals surface area contributed by atoms with E-state index in [9.17, 15) is 33.2 Å². The topological polar surface area (TPSA) is 213 Å². The minimum atomic E-state index is -0.353. The van der Waals surface area contributed by atoms with Crippen LogP contribution in [0.2, 0.25) is 0 Å². The van der Waals surface area contributed by atoms with Crippen LogP contribution in [0.3, 0.4) is 0 Å². The molecule has 2 aliphatic rings. The van der Waals surface area contributed by atoms with Crippen molar-refractivity contribution in [1.82, 2.24) is 19.9 Å². The van der Waals surface area contributed by atoms with Gasteiger partial charge in [0.15, 0.2) is 49.6 Å². The second kappa shape index (κ2) is 42.7. The van der Waals surface area contributed by atoms with Crippen molar-refractivity contribution in [2.24, 2.45) is 0 Å². The molecule has 8 aromatic heterocycles. The minimum absolute atomic E-state index is 0. The van der Waals surface area contributed by atoms with Crippen LogP contribution in [0.5, 0.6) is 11.5 Å². The van der Waals surface area contributed by atoms with Gasteiger partial charge in [-0.25, -0.2) is 4.39 Å². The van der Waals surface area contributed by atoms with Gasteiger partial charge in [0.1, 0.15) is 57.0 Å². The molecule has 0 saturated carbocycles. The van der Waals surface area contributed by atoms with E-state index in [1.165, 1.54) is 28.2 Å². The molecule has 12 aromatic rings. The summed E-state index contributed by atoms with van der Waals surface area (Å²) in [5.74, 6) is 1.10. The number of aldehydes is 6. The number of nitrogens with zero attached hydrogens (tertiary/aromatic N) is 7. The molecule has 101 heavy (non-hydrogen) atoms. The number of fused-ring (bicyclic) bond motifs is 6. The standard InChI is InChI=1S/C15H14NO3.C15H14NO.C13H7N2O.C12H10NO2S.C12H8NO.C11H7FNOS.4Rh/c1-18-7-8-19-14-5-6-16-15(10-14)13-4-2-3-12(9-13)11-17;1-2-4-12-7-8-16-15(10-12)14-6-3-5-13(9-14)11-17;14-8-10-4-5-15-13(7-10)12-3-1-2-11(6-12)9-16;1-15-11-8-6-13-5-3-2-4-9(13)12(8)16-10(11)7-14;14-9-10-4-3-5-11(8-10)12-6-1-2-7-13-12;12-10-7-5-13-4-2-1-3-8(13)11(7)15-9(10)6-14;;;;/h2-3,5-6,9-11H,7-8H2,1H3;3,5,7-11H,2,4H2,1H3;1-2,4-7,9H;2-5,7H,6H2,1H3;1-4,6-9H;1-4,6H,5H2;;;;/q3*-1;+1;-1;+1;;;;. The second-order valence-corrected chi connectivity index (χ2v) is 23.1. The van der Waals surface area contributed by atoms with Crippen LogP contribution < -0.4 is 18.6 Å². The third kappa shape index (κ3) is 22.3. The van der Waals surface area contributed by atoms with E-state index in [-0.39, 0.29) is 88.6 Å². The molecule has 0 spiro atoms. The summed E-state index contributed by atoms with van der Waals surface area (Å²) < 4.78 is 33.6. The number of thiophene rings is 2. The van der Waals surface area contributed by atoms with Gasteiger partial charge < -0.3 is 34.1 Å². The van der Waals surface area contributed by atoms with Gasteiger partial charge >= 0.3 is 0 Å². The number of carbonyl (C=O) groups is 6. The Morgan fingerprint density at radius 3 is 1.47 bits per heavy atom. The van der Waals surface area contributed by atoms with Crippen molar-refractivity contribution in [3.8, 4) is 83.7 Å². The largest absolute Gasteiger partial charge is 0.495 e. The number of aryl methyl sites for hydroxylation is 1. The number of ether oxygens (including phenoxy) is 3. The van der Waals surface area contributed by atoms with Crippen molar-refractivity contribution in [1.29, 1.82) is 5.26 Å². The second-order valence-electron chi connectivity index (χ2n) is 20.9. The third-order valence-electron chi connectivity index (χ3n) is 14.5. The van der Waals surface area contributed by atoms with Crippen molar-refractivity contribution in [3.05, 3.63) is 285 Å². The molecular weight excluding hydrogens is 1670 g/mol. The molecule has 0 aliphatic carbocycles. The fourth-order valence-electron chi connectivity index (χ4n) is 9.94. The first-order valence-corrected chi connectivity index (χ1v) is 31.8. The summed E-state index contributed by atoms with van der Waals surface area (Å²) in [5.41, 5.74) is 14.4. The molecule has 14 rings (SSSR count). The van der Waals surface area contributed by atoms with Gasteiger partial charge in [-0.1, -0.05) is 65.4 Å². The summed E-state index contributed by atoms with van der Waals surface area (Å²) in [6, 6.07) is 63.4. The number of hydrogen-bond acceptors (Lipinski definition) is 16. The average molecular weight is 1730 g/mol. The molecule has 0 N–H and O–H groups in total. The number of rotatable bonds is 17. The van der Waals surface area contributed by atoms with E-state index < -0.39 is 0 Å². The number of nitriles is 1. The Morgan fingerprint density at radius 2 is 0.980 bits per heavy atom. The molecule has 0 bridgehead atoms. The Morgan fingerprint density at radius 1 is 0.515 bits per heavy atom. The molecule has 16 nitrogen and oxygen atoms in total. The first-order valence-electron chi connectivity index (χ1n) is 30.1. The number of pyridine rings is 6. The van der Waals surface area contributed by atoms with Crippen LogP contribution in [0.1, 0.15) is 96.4 Å². The zero-order valence-electron chi connectivity index (χ0n) is 54.1. The van der Waals surface area contributed by atoms with Crippen molar-refractivity contribution in [2.45, 2.75) is 32.9 Å². The minimum Gasteiger partial charge on any atom is -0.495 e. The quantitative estimate of drug-likeness (QED) is 0.0273. The van der Waals surface area contributed by atoms with E-state index in [4.69, 9.17) is 19.5 Å². The molecule has 23 heteroatoms. The summed E-state index contributed by atoms with van der Waals surface area (Å²) in [4.78, 5) is 84.0.